The summed E-state index contributed by atoms with van der Waals surface area (Å²) in [6, 6.07) is 0.116. The van der Waals surface area contributed by atoms with Crippen LogP contribution in [-0.4, -0.2) is 70.1 Å². The summed E-state index contributed by atoms with van der Waals surface area (Å²) in [6.07, 6.45) is 6.39. The summed E-state index contributed by atoms with van der Waals surface area (Å²) in [5.41, 5.74) is 1.47. The molecule has 2 amide bonds. The minimum atomic E-state index is -0.235. The molecule has 0 spiro atoms. The second-order valence-electron chi connectivity index (χ2n) is 7.45. The van der Waals surface area contributed by atoms with Gasteiger partial charge in [-0.15, -0.1) is 0 Å². The largest absolute Gasteiger partial charge is 0.383 e. The van der Waals surface area contributed by atoms with Gasteiger partial charge < -0.3 is 25.3 Å². The van der Waals surface area contributed by atoms with E-state index in [0.29, 0.717) is 35.7 Å². The van der Waals surface area contributed by atoms with Gasteiger partial charge in [0.15, 0.2) is 5.65 Å². The van der Waals surface area contributed by atoms with Crippen LogP contribution in [0.3, 0.4) is 0 Å². The SMILES string of the molecule is C=CC(=O)N1C[C@H](Nc2cnc3[nH]cc(C(=O)N[C@@H](C)COC)c3n2)CC[C@@H]1C. The van der Waals surface area contributed by atoms with Crippen LogP contribution in [0.25, 0.3) is 11.2 Å². The van der Waals surface area contributed by atoms with E-state index in [1.807, 2.05) is 18.7 Å². The van der Waals surface area contributed by atoms with E-state index < -0.39 is 0 Å². The van der Waals surface area contributed by atoms with E-state index in [-0.39, 0.29) is 29.9 Å². The summed E-state index contributed by atoms with van der Waals surface area (Å²) in [4.78, 5) is 38.4. The second-order valence-corrected chi connectivity index (χ2v) is 7.45. The van der Waals surface area contributed by atoms with Gasteiger partial charge in [0.25, 0.3) is 5.91 Å². The molecule has 3 heterocycles. The lowest BCUT2D eigenvalue weighted by molar-refractivity contribution is -0.129. The Morgan fingerprint density at radius 2 is 2.28 bits per heavy atom. The van der Waals surface area contributed by atoms with Crippen molar-refractivity contribution >= 4 is 28.8 Å². The van der Waals surface area contributed by atoms with Crippen LogP contribution >= 0.6 is 0 Å². The molecular formula is C20H28N6O3. The highest BCUT2D eigenvalue weighted by Crippen LogP contribution is 2.22. The number of aromatic amines is 1. The number of aromatic nitrogens is 3. The number of hydrogen-bond donors (Lipinski definition) is 3. The maximum Gasteiger partial charge on any atom is 0.255 e. The van der Waals surface area contributed by atoms with Crippen molar-refractivity contribution in [1.82, 2.24) is 25.2 Å². The Bertz CT molecular complexity index is 895. The van der Waals surface area contributed by atoms with Crippen LogP contribution in [0.5, 0.6) is 0 Å². The maximum absolute atomic E-state index is 12.6. The van der Waals surface area contributed by atoms with Crippen molar-refractivity contribution in [3.8, 4) is 0 Å². The summed E-state index contributed by atoms with van der Waals surface area (Å²) >= 11 is 0. The first-order chi connectivity index (χ1) is 13.9. The lowest BCUT2D eigenvalue weighted by Gasteiger charge is -2.37. The fourth-order valence-corrected chi connectivity index (χ4v) is 3.59. The molecule has 2 aromatic heterocycles. The number of nitrogens with one attached hydrogen (secondary N) is 3. The van der Waals surface area contributed by atoms with Gasteiger partial charge in [0.2, 0.25) is 5.91 Å². The van der Waals surface area contributed by atoms with E-state index >= 15 is 0 Å². The Morgan fingerprint density at radius 3 is 3.00 bits per heavy atom. The van der Waals surface area contributed by atoms with Gasteiger partial charge in [0, 0.05) is 38.0 Å². The van der Waals surface area contributed by atoms with Crippen molar-refractivity contribution in [2.75, 3.05) is 25.6 Å². The smallest absolute Gasteiger partial charge is 0.255 e. The van der Waals surface area contributed by atoms with Crippen LogP contribution in [-0.2, 0) is 9.53 Å². The van der Waals surface area contributed by atoms with Gasteiger partial charge in [0.05, 0.1) is 18.4 Å². The predicted molar refractivity (Wildman–Crippen MR) is 111 cm³/mol. The number of carbonyl (C=O) groups is 2. The van der Waals surface area contributed by atoms with E-state index in [0.717, 1.165) is 12.8 Å². The van der Waals surface area contributed by atoms with E-state index in [1.165, 1.54) is 6.08 Å². The minimum absolute atomic E-state index is 0.0554. The first kappa shape index (κ1) is 20.8. The zero-order valence-corrected chi connectivity index (χ0v) is 17.1. The van der Waals surface area contributed by atoms with Crippen molar-refractivity contribution in [3.63, 3.8) is 0 Å². The van der Waals surface area contributed by atoms with Crippen LogP contribution in [0.15, 0.2) is 25.0 Å². The number of methoxy groups -OCH3 is 1. The first-order valence-electron chi connectivity index (χ1n) is 9.76. The number of rotatable bonds is 7. The topological polar surface area (TPSA) is 112 Å². The van der Waals surface area contributed by atoms with Crippen LogP contribution < -0.4 is 10.6 Å². The van der Waals surface area contributed by atoms with Crippen molar-refractivity contribution in [2.24, 2.45) is 0 Å². The Morgan fingerprint density at radius 1 is 1.48 bits per heavy atom. The summed E-state index contributed by atoms with van der Waals surface area (Å²) in [5.74, 6) is 0.267. The monoisotopic (exact) mass is 400 g/mol. The molecule has 0 radical (unpaired) electrons. The fraction of sp³-hybridized carbons (Fsp3) is 0.500. The quantitative estimate of drug-likeness (QED) is 0.610. The van der Waals surface area contributed by atoms with Crippen LogP contribution in [0.2, 0.25) is 0 Å². The molecule has 0 aliphatic carbocycles. The molecule has 0 saturated carbocycles. The van der Waals surface area contributed by atoms with Crippen molar-refractivity contribution < 1.29 is 14.3 Å². The number of likely N-dealkylation sites (tertiary alicyclic amines) is 1. The normalized spacial score (nSPS) is 20.3. The van der Waals surface area contributed by atoms with Crippen LogP contribution in [0, 0.1) is 0 Å². The number of fused-ring (bicyclic) bond motifs is 1. The molecule has 0 aromatic carbocycles. The number of piperidine rings is 1. The Hall–Kier alpha value is -2.94. The molecule has 3 N–H and O–H groups in total. The molecule has 3 rings (SSSR count). The lowest BCUT2D eigenvalue weighted by atomic mass is 9.99. The zero-order valence-electron chi connectivity index (χ0n) is 17.1. The highest BCUT2D eigenvalue weighted by molar-refractivity contribution is 6.04. The third-order valence-corrected chi connectivity index (χ3v) is 5.11. The van der Waals surface area contributed by atoms with Crippen LogP contribution in [0.4, 0.5) is 5.82 Å². The molecule has 9 heteroatoms. The standard InChI is InChI=1S/C20H28N6O3/c1-5-17(27)26-10-14(7-6-13(26)3)24-16-9-22-19-18(25-16)15(8-21-19)20(28)23-12(2)11-29-4/h5,8-9,12-14H,1,6-7,10-11H2,2-4H3,(H,21,22)(H,23,28)(H,24,25)/t12-,13-,14+/m0/s1. The van der Waals surface area contributed by atoms with Crippen molar-refractivity contribution in [2.45, 2.75) is 44.8 Å². The number of hydrogen-bond acceptors (Lipinski definition) is 6. The molecule has 3 atom stereocenters. The molecule has 0 bridgehead atoms. The number of amides is 2. The highest BCUT2D eigenvalue weighted by Gasteiger charge is 2.28. The minimum Gasteiger partial charge on any atom is -0.383 e. The molecule has 1 aliphatic heterocycles. The molecule has 1 fully saturated rings. The Balaban J connectivity index is 1.75. The van der Waals surface area contributed by atoms with E-state index in [2.05, 4.69) is 32.2 Å². The van der Waals surface area contributed by atoms with Gasteiger partial charge in [-0.25, -0.2) is 9.97 Å². The third-order valence-electron chi connectivity index (χ3n) is 5.11. The molecule has 9 nitrogen and oxygen atoms in total. The molecule has 1 saturated heterocycles. The highest BCUT2D eigenvalue weighted by atomic mass is 16.5. The summed E-state index contributed by atoms with van der Waals surface area (Å²) in [7, 11) is 1.59. The molecule has 29 heavy (non-hydrogen) atoms. The van der Waals surface area contributed by atoms with E-state index in [4.69, 9.17) is 4.74 Å². The van der Waals surface area contributed by atoms with Crippen molar-refractivity contribution in [3.05, 3.63) is 30.6 Å². The Labute approximate surface area is 169 Å². The summed E-state index contributed by atoms with van der Waals surface area (Å²) < 4.78 is 5.06. The van der Waals surface area contributed by atoms with E-state index in [9.17, 15) is 9.59 Å². The average molecular weight is 400 g/mol. The Kier molecular flexibility index (Phi) is 6.48. The average Bonchev–Trinajstić information content (AvgIpc) is 3.12. The molecule has 156 valence electrons. The molecule has 2 aromatic rings. The predicted octanol–water partition coefficient (Wildman–Crippen LogP) is 1.70. The maximum atomic E-state index is 12.6. The number of nitrogens with zero attached hydrogens (tertiary/aromatic N) is 3. The van der Waals surface area contributed by atoms with Gasteiger partial charge in [-0.3, -0.25) is 9.59 Å². The number of H-pyrrole nitrogens is 1. The van der Waals surface area contributed by atoms with Gasteiger partial charge in [-0.1, -0.05) is 6.58 Å². The van der Waals surface area contributed by atoms with Crippen molar-refractivity contribution in [1.29, 1.82) is 0 Å². The van der Waals surface area contributed by atoms with Gasteiger partial charge in [-0.05, 0) is 32.8 Å². The summed E-state index contributed by atoms with van der Waals surface area (Å²) in [6.45, 7) is 8.49. The second kappa shape index (κ2) is 9.04. The van der Waals surface area contributed by atoms with Gasteiger partial charge in [0.1, 0.15) is 11.3 Å². The lowest BCUT2D eigenvalue weighted by Crippen LogP contribution is -2.49. The molecule has 0 unspecified atom stereocenters. The molecular weight excluding hydrogens is 372 g/mol. The first-order valence-corrected chi connectivity index (χ1v) is 9.76. The van der Waals surface area contributed by atoms with Gasteiger partial charge in [-0.2, -0.15) is 0 Å². The van der Waals surface area contributed by atoms with Crippen LogP contribution in [0.1, 0.15) is 37.0 Å². The third kappa shape index (κ3) is 4.73. The zero-order chi connectivity index (χ0) is 21.0. The number of ether oxygens (including phenoxy) is 1. The van der Waals surface area contributed by atoms with E-state index in [1.54, 1.807) is 19.5 Å². The van der Waals surface area contributed by atoms with Gasteiger partial charge >= 0.3 is 0 Å². The summed E-state index contributed by atoms with van der Waals surface area (Å²) in [5, 5.41) is 6.23. The number of carbonyl (C=O) groups excluding carboxylic acids is 2. The molecule has 1 aliphatic rings. The number of anilines is 1. The fourth-order valence-electron chi connectivity index (χ4n) is 3.59.